The molecule has 1 N–H and O–H groups in total. The summed E-state index contributed by atoms with van der Waals surface area (Å²) >= 11 is 5.87. The van der Waals surface area contributed by atoms with Crippen LogP contribution in [0.1, 0.15) is 29.6 Å². The Morgan fingerprint density at radius 1 is 1.33 bits per heavy atom. The van der Waals surface area contributed by atoms with Crippen molar-refractivity contribution in [3.8, 4) is 0 Å². The number of fused-ring (bicyclic) bond motifs is 2. The Morgan fingerprint density at radius 2 is 2.15 bits per heavy atom. The maximum Gasteiger partial charge on any atom is 0.284 e. The molecule has 0 spiro atoms. The Kier molecular flexibility index (Phi) is 4.24. The van der Waals surface area contributed by atoms with Crippen molar-refractivity contribution in [1.82, 2.24) is 5.32 Å². The summed E-state index contributed by atoms with van der Waals surface area (Å²) in [6.07, 6.45) is 7.87. The molecule has 0 aromatic heterocycles. The molecule has 1 atom stereocenters. The van der Waals surface area contributed by atoms with Gasteiger partial charge in [-0.3, -0.25) is 19.7 Å². The predicted molar refractivity (Wildman–Crippen MR) is 99.6 cm³/mol. The van der Waals surface area contributed by atoms with E-state index in [9.17, 15) is 19.7 Å². The van der Waals surface area contributed by atoms with Gasteiger partial charge in [0.2, 0.25) is 0 Å². The third-order valence-corrected chi connectivity index (χ3v) is 5.12. The number of carbonyl (C=O) groups excluding carboxylic acids is 2. The van der Waals surface area contributed by atoms with Crippen molar-refractivity contribution in [2.45, 2.75) is 19.3 Å². The van der Waals surface area contributed by atoms with Gasteiger partial charge in [0.1, 0.15) is 5.56 Å². The molecule has 2 amide bonds. The van der Waals surface area contributed by atoms with Gasteiger partial charge in [-0.15, -0.1) is 0 Å². The van der Waals surface area contributed by atoms with Crippen molar-refractivity contribution in [3.05, 3.63) is 74.0 Å². The molecule has 0 radical (unpaired) electrons. The molecular formula is C19H14ClN3O4. The van der Waals surface area contributed by atoms with Gasteiger partial charge in [0.15, 0.2) is 0 Å². The second-order valence-electron chi connectivity index (χ2n) is 6.51. The second kappa shape index (κ2) is 6.59. The third-order valence-electron chi connectivity index (χ3n) is 4.88. The van der Waals surface area contributed by atoms with E-state index in [4.69, 9.17) is 11.6 Å². The zero-order valence-electron chi connectivity index (χ0n) is 14.1. The van der Waals surface area contributed by atoms with Gasteiger partial charge in [-0.2, -0.15) is 0 Å². The average Bonchev–Trinajstić information content (AvgIpc) is 3.12. The largest absolute Gasteiger partial charge is 0.325 e. The van der Waals surface area contributed by atoms with Gasteiger partial charge in [-0.05, 0) is 49.1 Å². The second-order valence-corrected chi connectivity index (χ2v) is 6.94. The van der Waals surface area contributed by atoms with E-state index in [1.165, 1.54) is 18.2 Å². The van der Waals surface area contributed by atoms with Crippen molar-refractivity contribution < 1.29 is 14.5 Å². The van der Waals surface area contributed by atoms with Crippen molar-refractivity contribution in [2.24, 2.45) is 10.9 Å². The maximum atomic E-state index is 12.5. The summed E-state index contributed by atoms with van der Waals surface area (Å²) < 4.78 is 0. The first-order chi connectivity index (χ1) is 12.9. The lowest BCUT2D eigenvalue weighted by Crippen LogP contribution is -2.35. The number of amides is 2. The van der Waals surface area contributed by atoms with E-state index in [1.54, 1.807) is 12.2 Å². The van der Waals surface area contributed by atoms with Gasteiger partial charge in [0.25, 0.3) is 17.5 Å². The SMILES string of the molecule is O=C1NC2=CC(=NC(=O)c3cc(Cl)ccc3[N+](=O)[O-])C=CC2C2=C1CCC2. The molecule has 1 aromatic carbocycles. The highest BCUT2D eigenvalue weighted by Gasteiger charge is 2.34. The van der Waals surface area contributed by atoms with Crippen LogP contribution in [-0.2, 0) is 4.79 Å². The summed E-state index contributed by atoms with van der Waals surface area (Å²) in [4.78, 5) is 39.2. The molecule has 0 fully saturated rings. The third kappa shape index (κ3) is 3.10. The first kappa shape index (κ1) is 17.4. The highest BCUT2D eigenvalue weighted by atomic mass is 35.5. The molecule has 0 bridgehead atoms. The number of rotatable bonds is 2. The van der Waals surface area contributed by atoms with Gasteiger partial charge >= 0.3 is 0 Å². The molecular weight excluding hydrogens is 370 g/mol. The first-order valence-corrected chi connectivity index (χ1v) is 8.82. The number of nitrogens with zero attached hydrogens (tertiary/aromatic N) is 2. The normalized spacial score (nSPS) is 22.3. The van der Waals surface area contributed by atoms with Crippen LogP contribution in [0.5, 0.6) is 0 Å². The van der Waals surface area contributed by atoms with Gasteiger partial charge in [0, 0.05) is 28.3 Å². The number of nitro groups is 1. The number of hydrogen-bond donors (Lipinski definition) is 1. The molecule has 4 rings (SSSR count). The predicted octanol–water partition coefficient (Wildman–Crippen LogP) is 3.51. The Bertz CT molecular complexity index is 1020. The fraction of sp³-hybridized carbons (Fsp3) is 0.211. The van der Waals surface area contributed by atoms with Crippen LogP contribution >= 0.6 is 11.6 Å². The standard InChI is InChI=1S/C19H14ClN3O4/c20-10-4-7-17(23(26)27)15(8-10)19(25)21-11-5-6-13-12-2-1-3-14(12)18(24)22-16(13)9-11/h4-9,13H,1-3H2,(H,22,24). The van der Waals surface area contributed by atoms with Gasteiger partial charge in [-0.25, -0.2) is 4.99 Å². The molecule has 1 aromatic rings. The van der Waals surface area contributed by atoms with E-state index in [0.717, 1.165) is 30.4 Å². The summed E-state index contributed by atoms with van der Waals surface area (Å²) in [5.74, 6) is -0.867. The summed E-state index contributed by atoms with van der Waals surface area (Å²) in [5, 5.41) is 14.2. The summed E-state index contributed by atoms with van der Waals surface area (Å²) in [5.41, 5.74) is 2.44. The quantitative estimate of drug-likeness (QED) is 0.623. The Labute approximate surface area is 159 Å². The zero-order chi connectivity index (χ0) is 19.1. The Balaban J connectivity index is 1.67. The average molecular weight is 384 g/mol. The highest BCUT2D eigenvalue weighted by Crippen LogP contribution is 2.39. The number of benzene rings is 1. The van der Waals surface area contributed by atoms with Crippen LogP contribution in [0.3, 0.4) is 0 Å². The lowest BCUT2D eigenvalue weighted by atomic mass is 9.85. The maximum absolute atomic E-state index is 12.5. The van der Waals surface area contributed by atoms with E-state index in [0.29, 0.717) is 11.4 Å². The van der Waals surface area contributed by atoms with Crippen LogP contribution in [0.4, 0.5) is 5.69 Å². The lowest BCUT2D eigenvalue weighted by molar-refractivity contribution is -0.385. The van der Waals surface area contributed by atoms with Gasteiger partial charge < -0.3 is 5.32 Å². The topological polar surface area (TPSA) is 102 Å². The molecule has 0 saturated carbocycles. The van der Waals surface area contributed by atoms with E-state index in [1.807, 2.05) is 6.08 Å². The number of hydrogen-bond acceptors (Lipinski definition) is 4. The van der Waals surface area contributed by atoms with E-state index < -0.39 is 10.8 Å². The van der Waals surface area contributed by atoms with Crippen molar-refractivity contribution >= 4 is 34.8 Å². The van der Waals surface area contributed by atoms with Crippen LogP contribution in [0.15, 0.2) is 58.3 Å². The highest BCUT2D eigenvalue weighted by molar-refractivity contribution is 6.31. The molecule has 3 aliphatic rings. The Morgan fingerprint density at radius 3 is 2.93 bits per heavy atom. The minimum atomic E-state index is -0.762. The van der Waals surface area contributed by atoms with Gasteiger partial charge in [0.05, 0.1) is 10.6 Å². The fourth-order valence-corrected chi connectivity index (χ4v) is 3.85. The zero-order valence-corrected chi connectivity index (χ0v) is 14.8. The molecule has 8 heteroatoms. The summed E-state index contributed by atoms with van der Waals surface area (Å²) in [7, 11) is 0. The van der Waals surface area contributed by atoms with Crippen LogP contribution in [0.25, 0.3) is 0 Å². The minimum Gasteiger partial charge on any atom is -0.325 e. The van der Waals surface area contributed by atoms with E-state index >= 15 is 0 Å². The van der Waals surface area contributed by atoms with E-state index in [-0.39, 0.29) is 28.1 Å². The molecule has 136 valence electrons. The van der Waals surface area contributed by atoms with Crippen molar-refractivity contribution in [2.75, 3.05) is 0 Å². The fourth-order valence-electron chi connectivity index (χ4n) is 3.68. The number of aliphatic imine (C=N–C) groups is 1. The molecule has 27 heavy (non-hydrogen) atoms. The molecule has 1 unspecified atom stereocenters. The van der Waals surface area contributed by atoms with Crippen LogP contribution in [0, 0.1) is 16.0 Å². The molecule has 2 aliphatic carbocycles. The Hall–Kier alpha value is -3.06. The first-order valence-electron chi connectivity index (χ1n) is 8.44. The molecule has 1 aliphatic heterocycles. The summed E-state index contributed by atoms with van der Waals surface area (Å²) in [6.45, 7) is 0. The van der Waals surface area contributed by atoms with Crippen molar-refractivity contribution in [3.63, 3.8) is 0 Å². The van der Waals surface area contributed by atoms with E-state index in [2.05, 4.69) is 10.3 Å². The number of allylic oxidation sites excluding steroid dienone is 3. The monoisotopic (exact) mass is 383 g/mol. The number of nitro benzene ring substituents is 1. The molecule has 1 heterocycles. The van der Waals surface area contributed by atoms with Crippen LogP contribution in [0.2, 0.25) is 5.02 Å². The van der Waals surface area contributed by atoms with Crippen LogP contribution < -0.4 is 5.32 Å². The number of halogens is 1. The van der Waals surface area contributed by atoms with Crippen molar-refractivity contribution in [1.29, 1.82) is 0 Å². The minimum absolute atomic E-state index is 0.00485. The number of nitrogens with one attached hydrogen (secondary N) is 1. The summed E-state index contributed by atoms with van der Waals surface area (Å²) in [6, 6.07) is 3.75. The number of carbonyl (C=O) groups is 2. The molecule has 7 nitrogen and oxygen atoms in total. The van der Waals surface area contributed by atoms with Crippen LogP contribution in [-0.4, -0.2) is 22.4 Å². The smallest absolute Gasteiger partial charge is 0.284 e. The van der Waals surface area contributed by atoms with Gasteiger partial charge in [-0.1, -0.05) is 17.7 Å². The molecule has 0 saturated heterocycles. The lowest BCUT2D eigenvalue weighted by Gasteiger charge is -2.28.